The minimum atomic E-state index is -0.612. The highest BCUT2D eigenvalue weighted by molar-refractivity contribution is 6.27. The van der Waals surface area contributed by atoms with Crippen molar-refractivity contribution >= 4 is 64.2 Å². The average Bonchev–Trinajstić information content (AvgIpc) is 4.05. The molecule has 0 radical (unpaired) electrons. The van der Waals surface area contributed by atoms with E-state index in [1.807, 2.05) is 48.5 Å². The van der Waals surface area contributed by atoms with Crippen LogP contribution in [0.3, 0.4) is 0 Å². The fraction of sp³-hybridized carbons (Fsp3) is 0.608. The van der Waals surface area contributed by atoms with Crippen molar-refractivity contribution in [3.63, 3.8) is 0 Å². The van der Waals surface area contributed by atoms with Crippen molar-refractivity contribution in [3.05, 3.63) is 65.2 Å². The number of amides is 3. The lowest BCUT2D eigenvalue weighted by atomic mass is 9.79. The van der Waals surface area contributed by atoms with Gasteiger partial charge >= 0.3 is 18.0 Å². The Hall–Kier alpha value is -4.91. The second-order valence-corrected chi connectivity index (χ2v) is 18.3. The summed E-state index contributed by atoms with van der Waals surface area (Å²) in [4.78, 5) is 74.2. The van der Waals surface area contributed by atoms with E-state index >= 15 is 0 Å². The van der Waals surface area contributed by atoms with Gasteiger partial charge < -0.3 is 14.8 Å². The lowest BCUT2D eigenvalue weighted by molar-refractivity contribution is -0.149. The van der Waals surface area contributed by atoms with Gasteiger partial charge in [0.25, 0.3) is 5.91 Å². The van der Waals surface area contributed by atoms with E-state index in [-0.39, 0.29) is 67.9 Å². The zero-order valence-corrected chi connectivity index (χ0v) is 39.2. The van der Waals surface area contributed by atoms with Gasteiger partial charge in [-0.2, -0.15) is 10.2 Å². The second-order valence-electron chi connectivity index (χ2n) is 18.1. The molecular formula is C51H68ClN5O8. The number of benzene rings is 2. The lowest BCUT2D eigenvalue weighted by Crippen LogP contribution is -2.36. The number of nitrogens with one attached hydrogen (secondary N) is 1. The molecule has 2 aromatic rings. The monoisotopic (exact) mass is 913 g/mol. The molecule has 0 saturated heterocycles. The summed E-state index contributed by atoms with van der Waals surface area (Å²) in [6, 6.07) is 15.2. The molecule has 2 aliphatic heterocycles. The smallest absolute Gasteiger partial charge is 0.342 e. The van der Waals surface area contributed by atoms with Gasteiger partial charge in [0.05, 0.1) is 42.1 Å². The number of hydrogen-bond acceptors (Lipinski definition) is 10. The molecule has 1 unspecified atom stereocenters. The van der Waals surface area contributed by atoms with Crippen molar-refractivity contribution in [2.24, 2.45) is 33.9 Å². The van der Waals surface area contributed by atoms with Crippen LogP contribution >= 0.6 is 11.6 Å². The third kappa shape index (κ3) is 13.6. The van der Waals surface area contributed by atoms with E-state index in [0.29, 0.717) is 11.8 Å². The third-order valence-electron chi connectivity index (χ3n) is 13.6. The minimum absolute atomic E-state index is 0.0513. The molecule has 3 amide bonds. The first-order valence-electron chi connectivity index (χ1n) is 24.3. The second kappa shape index (κ2) is 25.1. The van der Waals surface area contributed by atoms with E-state index in [1.54, 1.807) is 13.8 Å². The van der Waals surface area contributed by atoms with Crippen molar-refractivity contribution in [1.82, 2.24) is 10.0 Å². The maximum atomic E-state index is 13.7. The van der Waals surface area contributed by atoms with Crippen LogP contribution in [0.25, 0.3) is 0 Å². The maximum absolute atomic E-state index is 13.7. The van der Waals surface area contributed by atoms with Crippen LogP contribution < -0.4 is 5.32 Å². The molecule has 4 fully saturated rings. The van der Waals surface area contributed by atoms with Gasteiger partial charge in [-0.25, -0.2) is 14.8 Å². The summed E-state index contributed by atoms with van der Waals surface area (Å²) < 4.78 is 10.1. The molecule has 1 N–H and O–H groups in total. The van der Waals surface area contributed by atoms with Crippen molar-refractivity contribution < 1.29 is 38.2 Å². The van der Waals surface area contributed by atoms with Gasteiger partial charge in [0.15, 0.2) is 5.78 Å². The standard InChI is InChI=1S/C26H34N2O4.C18H23N3O3.C7H11ClO/c1-2-32-24(30)17-28-26(31)22(16-23(29)18-10-6-7-11-18)20-14-8-9-15-21(20)25(27-28)19-12-4-3-5-13-19;1-2-24-16(22)12-21-18(23)19-15-11-7-6-10-14(15)17(20-21)13-8-4-3-5-9-13;8-5-7(9)6-3-1-2-4-6/h8-9,14-15,18-19,22H,2-7,10-13,16-17H2,1H3;6-7,10-11,13H,2-5,8-9,12H2,1H3,(H,19,23);6H,1-5H2. The highest BCUT2D eigenvalue weighted by atomic mass is 35.5. The summed E-state index contributed by atoms with van der Waals surface area (Å²) >= 11 is 5.38. The zero-order chi connectivity index (χ0) is 46.1. The van der Waals surface area contributed by atoms with Crippen LogP contribution in [-0.2, 0) is 33.4 Å². The van der Waals surface area contributed by atoms with Gasteiger partial charge in [-0.3, -0.25) is 24.0 Å². The van der Waals surface area contributed by atoms with Gasteiger partial charge in [0, 0.05) is 41.2 Å². The summed E-state index contributed by atoms with van der Waals surface area (Å²) in [6.07, 6.45) is 20.0. The number of para-hydroxylation sites is 1. The summed E-state index contributed by atoms with van der Waals surface area (Å²) in [5.74, 6) is -0.264. The van der Waals surface area contributed by atoms with Gasteiger partial charge in [-0.15, -0.1) is 11.6 Å². The molecule has 4 saturated carbocycles. The van der Waals surface area contributed by atoms with E-state index in [1.165, 1.54) is 48.5 Å². The highest BCUT2D eigenvalue weighted by Gasteiger charge is 2.38. The number of fused-ring (bicyclic) bond motifs is 2. The fourth-order valence-electron chi connectivity index (χ4n) is 10.2. The first-order valence-corrected chi connectivity index (χ1v) is 24.8. The van der Waals surface area contributed by atoms with Crippen molar-refractivity contribution in [3.8, 4) is 0 Å². The zero-order valence-electron chi connectivity index (χ0n) is 38.4. The Kier molecular flexibility index (Phi) is 19.1. The third-order valence-corrected chi connectivity index (χ3v) is 13.9. The van der Waals surface area contributed by atoms with Crippen molar-refractivity contribution in [2.75, 3.05) is 37.5 Å². The molecule has 13 nitrogen and oxygen atoms in total. The number of rotatable bonds is 13. The van der Waals surface area contributed by atoms with Crippen molar-refractivity contribution in [1.29, 1.82) is 0 Å². The SMILES string of the molecule is CCOC(=O)CN1N=C(C2CCCCC2)c2ccccc2C(CC(=O)C2CCCC2)C1=O.CCOC(=O)CN1N=C(C2CCCCC2)c2ccccc2NC1=O.O=C(CCl)C1CCCC1. The molecule has 2 aromatic carbocycles. The van der Waals surface area contributed by atoms with E-state index < -0.39 is 23.9 Å². The number of Topliss-reactive ketones (excluding diaryl/α,β-unsaturated/α-hetero) is 2. The molecule has 0 bridgehead atoms. The first kappa shape index (κ1) is 49.5. The van der Waals surface area contributed by atoms with Gasteiger partial charge in [-0.05, 0) is 76.8 Å². The molecule has 352 valence electrons. The van der Waals surface area contributed by atoms with E-state index in [4.69, 9.17) is 26.2 Å². The molecule has 1 atom stereocenters. The van der Waals surface area contributed by atoms with Gasteiger partial charge in [0.2, 0.25) is 0 Å². The molecular weight excluding hydrogens is 846 g/mol. The highest BCUT2D eigenvalue weighted by Crippen LogP contribution is 2.38. The lowest BCUT2D eigenvalue weighted by Gasteiger charge is -2.25. The number of urea groups is 1. The van der Waals surface area contributed by atoms with E-state index in [0.717, 1.165) is 111 Å². The average molecular weight is 915 g/mol. The van der Waals surface area contributed by atoms with Crippen LogP contribution in [0.5, 0.6) is 0 Å². The topological polar surface area (TPSA) is 164 Å². The van der Waals surface area contributed by atoms with Crippen LogP contribution in [0.2, 0.25) is 0 Å². The summed E-state index contributed by atoms with van der Waals surface area (Å²) in [7, 11) is 0. The summed E-state index contributed by atoms with van der Waals surface area (Å²) in [5, 5.41) is 14.7. The Bertz CT molecular complexity index is 2030. The fourth-order valence-corrected chi connectivity index (χ4v) is 10.4. The molecule has 8 rings (SSSR count). The largest absolute Gasteiger partial charge is 0.465 e. The Labute approximate surface area is 389 Å². The number of ether oxygens (including phenoxy) is 2. The predicted octanol–water partition coefficient (Wildman–Crippen LogP) is 9.98. The minimum Gasteiger partial charge on any atom is -0.465 e. The molecule has 6 aliphatic rings. The predicted molar refractivity (Wildman–Crippen MR) is 252 cm³/mol. The number of anilines is 1. The summed E-state index contributed by atoms with van der Waals surface area (Å²) in [5.41, 5.74) is 5.31. The number of halogens is 1. The molecule has 0 aromatic heterocycles. The number of hydrogen-bond donors (Lipinski definition) is 1. The molecule has 65 heavy (non-hydrogen) atoms. The first-order chi connectivity index (χ1) is 31.6. The Morgan fingerprint density at radius 3 is 1.63 bits per heavy atom. The number of ketones is 2. The normalized spacial score (nSPS) is 20.6. The Balaban J connectivity index is 0.000000186. The van der Waals surface area contributed by atoms with Crippen LogP contribution in [0, 0.1) is 23.7 Å². The number of carbonyl (C=O) groups is 6. The number of hydrazone groups is 2. The molecule has 4 aliphatic carbocycles. The van der Waals surface area contributed by atoms with Crippen molar-refractivity contribution in [2.45, 2.75) is 142 Å². The number of carbonyl (C=O) groups excluding carboxylic acids is 6. The van der Waals surface area contributed by atoms with Crippen LogP contribution in [0.15, 0.2) is 58.7 Å². The molecule has 0 spiro atoms. The van der Waals surface area contributed by atoms with E-state index in [2.05, 4.69) is 10.4 Å². The number of esters is 2. The van der Waals surface area contributed by atoms with Gasteiger partial charge in [0.1, 0.15) is 18.9 Å². The van der Waals surface area contributed by atoms with Crippen LogP contribution in [-0.4, -0.2) is 89.1 Å². The van der Waals surface area contributed by atoms with E-state index in [9.17, 15) is 28.8 Å². The Morgan fingerprint density at radius 2 is 1.08 bits per heavy atom. The van der Waals surface area contributed by atoms with Gasteiger partial charge in [-0.1, -0.05) is 107 Å². The number of nitrogens with zero attached hydrogens (tertiary/aromatic N) is 4. The Morgan fingerprint density at radius 1 is 0.615 bits per heavy atom. The number of alkyl halides is 1. The van der Waals surface area contributed by atoms with Crippen LogP contribution in [0.1, 0.15) is 158 Å². The molecule has 14 heteroatoms. The summed E-state index contributed by atoms with van der Waals surface area (Å²) in [6.45, 7) is 3.64. The molecule has 2 heterocycles. The van der Waals surface area contributed by atoms with Crippen LogP contribution in [0.4, 0.5) is 10.5 Å². The quantitative estimate of drug-likeness (QED) is 0.153. The maximum Gasteiger partial charge on any atom is 0.342 e.